The highest BCUT2D eigenvalue weighted by atomic mass is 16.2. The third-order valence-corrected chi connectivity index (χ3v) is 4.79. The smallest absolute Gasteiger partial charge is 0.275 e. The minimum Gasteiger partial charge on any atom is -0.348 e. The van der Waals surface area contributed by atoms with Crippen molar-refractivity contribution in [3.05, 3.63) is 71.8 Å². The second-order valence-electron chi connectivity index (χ2n) is 6.43. The normalized spacial score (nSPS) is 16.8. The van der Waals surface area contributed by atoms with Crippen LogP contribution in [0.15, 0.2) is 49.1 Å². The highest BCUT2D eigenvalue weighted by Gasteiger charge is 2.36. The third kappa shape index (κ3) is 2.22. The van der Waals surface area contributed by atoms with E-state index in [-0.39, 0.29) is 11.9 Å². The molecule has 0 saturated heterocycles. The summed E-state index contributed by atoms with van der Waals surface area (Å²) in [5.41, 5.74) is 4.12. The summed E-state index contributed by atoms with van der Waals surface area (Å²) in [6, 6.07) is 9.31. The number of rotatable bonds is 2. The van der Waals surface area contributed by atoms with Crippen LogP contribution >= 0.6 is 0 Å². The van der Waals surface area contributed by atoms with Gasteiger partial charge < -0.3 is 9.88 Å². The number of amides is 1. The zero-order valence-corrected chi connectivity index (χ0v) is 14.2. The van der Waals surface area contributed by atoms with Crippen LogP contribution in [-0.2, 0) is 13.5 Å². The molecule has 0 fully saturated rings. The van der Waals surface area contributed by atoms with Crippen molar-refractivity contribution in [1.29, 1.82) is 0 Å². The first-order chi connectivity index (χ1) is 12.7. The van der Waals surface area contributed by atoms with Gasteiger partial charge in [-0.15, -0.1) is 0 Å². The lowest BCUT2D eigenvalue weighted by Crippen LogP contribution is -2.41. The molecule has 0 saturated carbocycles. The van der Waals surface area contributed by atoms with E-state index in [1.165, 1.54) is 0 Å². The lowest BCUT2D eigenvalue weighted by atomic mass is 9.99. The Kier molecular flexibility index (Phi) is 3.18. The number of carbonyl (C=O) groups excluding carboxylic acids is 1. The van der Waals surface area contributed by atoms with Crippen LogP contribution < -0.4 is 0 Å². The number of pyridine rings is 1. The molecule has 8 heteroatoms. The van der Waals surface area contributed by atoms with Crippen LogP contribution in [0.2, 0.25) is 0 Å². The Hall–Kier alpha value is -3.42. The van der Waals surface area contributed by atoms with Crippen LogP contribution in [0.3, 0.4) is 0 Å². The SMILES string of the molecule is Cn1ccc(C(=O)N2CCc3[nH]cnc3C2c2cc3ccccn3n2)n1. The number of aryl methyl sites for hydroxylation is 1. The maximum atomic E-state index is 13.1. The van der Waals surface area contributed by atoms with Gasteiger partial charge in [0, 0.05) is 38.1 Å². The van der Waals surface area contributed by atoms with Crippen molar-refractivity contribution >= 4 is 11.4 Å². The van der Waals surface area contributed by atoms with Gasteiger partial charge in [0.05, 0.1) is 23.2 Å². The van der Waals surface area contributed by atoms with Crippen molar-refractivity contribution < 1.29 is 4.79 Å². The number of carbonyl (C=O) groups is 1. The Bertz CT molecular complexity index is 1070. The molecule has 1 amide bonds. The number of nitrogens with zero attached hydrogens (tertiary/aromatic N) is 6. The van der Waals surface area contributed by atoms with E-state index in [1.807, 2.05) is 39.9 Å². The molecule has 0 aliphatic carbocycles. The predicted octanol–water partition coefficient (Wildman–Crippen LogP) is 1.58. The summed E-state index contributed by atoms with van der Waals surface area (Å²) in [5, 5.41) is 8.96. The molecule has 4 aromatic rings. The van der Waals surface area contributed by atoms with Gasteiger partial charge in [-0.25, -0.2) is 9.50 Å². The van der Waals surface area contributed by atoms with E-state index in [4.69, 9.17) is 0 Å². The number of hydrogen-bond donors (Lipinski definition) is 1. The average Bonchev–Trinajstić information content (AvgIpc) is 3.38. The van der Waals surface area contributed by atoms with Gasteiger partial charge in [0.1, 0.15) is 11.7 Å². The molecule has 130 valence electrons. The molecular weight excluding hydrogens is 330 g/mol. The number of fused-ring (bicyclic) bond motifs is 2. The summed E-state index contributed by atoms with van der Waals surface area (Å²) in [7, 11) is 1.80. The fourth-order valence-corrected chi connectivity index (χ4v) is 3.56. The van der Waals surface area contributed by atoms with E-state index in [9.17, 15) is 4.79 Å². The van der Waals surface area contributed by atoms with E-state index in [1.54, 1.807) is 30.3 Å². The van der Waals surface area contributed by atoms with Crippen molar-refractivity contribution in [2.45, 2.75) is 12.5 Å². The van der Waals surface area contributed by atoms with E-state index in [0.29, 0.717) is 12.2 Å². The van der Waals surface area contributed by atoms with Crippen LogP contribution in [0.5, 0.6) is 0 Å². The highest BCUT2D eigenvalue weighted by Crippen LogP contribution is 2.34. The molecular formula is C18H17N7O. The van der Waals surface area contributed by atoms with E-state index in [0.717, 1.165) is 29.0 Å². The number of hydrogen-bond acceptors (Lipinski definition) is 4. The van der Waals surface area contributed by atoms with Crippen molar-refractivity contribution in [2.75, 3.05) is 6.54 Å². The van der Waals surface area contributed by atoms with Gasteiger partial charge in [-0.1, -0.05) is 6.07 Å². The molecule has 26 heavy (non-hydrogen) atoms. The first-order valence-electron chi connectivity index (χ1n) is 8.48. The van der Waals surface area contributed by atoms with Gasteiger partial charge in [-0.3, -0.25) is 9.48 Å². The quantitative estimate of drug-likeness (QED) is 0.597. The maximum Gasteiger partial charge on any atom is 0.275 e. The van der Waals surface area contributed by atoms with Gasteiger partial charge in [-0.05, 0) is 24.3 Å². The maximum absolute atomic E-state index is 13.1. The molecule has 1 aliphatic heterocycles. The molecule has 1 aliphatic rings. The Labute approximate surface area is 149 Å². The molecule has 5 heterocycles. The topological polar surface area (TPSA) is 84.1 Å². The van der Waals surface area contributed by atoms with E-state index < -0.39 is 0 Å². The zero-order valence-electron chi connectivity index (χ0n) is 14.2. The van der Waals surface area contributed by atoms with Gasteiger partial charge in [0.2, 0.25) is 0 Å². The molecule has 0 spiro atoms. The Morgan fingerprint density at radius 2 is 2.15 bits per heavy atom. The minimum atomic E-state index is -0.334. The average molecular weight is 347 g/mol. The van der Waals surface area contributed by atoms with Crippen molar-refractivity contribution in [2.24, 2.45) is 7.05 Å². The molecule has 0 bridgehead atoms. The molecule has 0 radical (unpaired) electrons. The fraction of sp³-hybridized carbons (Fsp3) is 0.222. The standard InChI is InChI=1S/C18H17N7O/c1-23-8-5-14(21-23)18(26)24-9-6-13-16(20-11-19-13)17(24)15-10-12-4-2-3-7-25(12)22-15/h2-5,7-8,10-11,17H,6,9H2,1H3,(H,19,20). The minimum absolute atomic E-state index is 0.110. The lowest BCUT2D eigenvalue weighted by molar-refractivity contribution is 0.0680. The van der Waals surface area contributed by atoms with Crippen molar-refractivity contribution in [3.8, 4) is 0 Å². The molecule has 0 aromatic carbocycles. The molecule has 8 nitrogen and oxygen atoms in total. The summed E-state index contributed by atoms with van der Waals surface area (Å²) in [6.07, 6.45) is 6.09. The van der Waals surface area contributed by atoms with Gasteiger partial charge in [0.25, 0.3) is 5.91 Å². The van der Waals surface area contributed by atoms with Gasteiger partial charge >= 0.3 is 0 Å². The first kappa shape index (κ1) is 14.9. The molecule has 5 rings (SSSR count). The number of aromatic amines is 1. The van der Waals surface area contributed by atoms with Crippen LogP contribution in [0.1, 0.15) is 33.6 Å². The molecule has 1 atom stereocenters. The number of nitrogens with one attached hydrogen (secondary N) is 1. The van der Waals surface area contributed by atoms with Gasteiger partial charge in [0.15, 0.2) is 0 Å². The second kappa shape index (κ2) is 5.55. The Balaban J connectivity index is 1.63. The van der Waals surface area contributed by atoms with Crippen LogP contribution in [0.25, 0.3) is 5.52 Å². The summed E-state index contributed by atoms with van der Waals surface area (Å²) in [4.78, 5) is 22.6. The number of H-pyrrole nitrogens is 1. The van der Waals surface area contributed by atoms with Crippen LogP contribution in [0, 0.1) is 0 Å². The summed E-state index contributed by atoms with van der Waals surface area (Å²) in [6.45, 7) is 0.586. The van der Waals surface area contributed by atoms with E-state index in [2.05, 4.69) is 20.2 Å². The zero-order chi connectivity index (χ0) is 17.7. The highest BCUT2D eigenvalue weighted by molar-refractivity contribution is 5.93. The summed E-state index contributed by atoms with van der Waals surface area (Å²) in [5.74, 6) is -0.110. The third-order valence-electron chi connectivity index (χ3n) is 4.79. The van der Waals surface area contributed by atoms with E-state index >= 15 is 0 Å². The summed E-state index contributed by atoms with van der Waals surface area (Å²) >= 11 is 0. The fourth-order valence-electron chi connectivity index (χ4n) is 3.56. The molecule has 1 unspecified atom stereocenters. The Morgan fingerprint density at radius 1 is 1.23 bits per heavy atom. The predicted molar refractivity (Wildman–Crippen MR) is 93.6 cm³/mol. The van der Waals surface area contributed by atoms with Crippen molar-refractivity contribution in [1.82, 2.24) is 34.3 Å². The number of imidazole rings is 1. The summed E-state index contributed by atoms with van der Waals surface area (Å²) < 4.78 is 3.46. The molecule has 4 aromatic heterocycles. The van der Waals surface area contributed by atoms with Crippen molar-refractivity contribution in [3.63, 3.8) is 0 Å². The van der Waals surface area contributed by atoms with Crippen LogP contribution in [0.4, 0.5) is 0 Å². The Morgan fingerprint density at radius 3 is 2.96 bits per heavy atom. The van der Waals surface area contributed by atoms with Gasteiger partial charge in [-0.2, -0.15) is 10.2 Å². The van der Waals surface area contributed by atoms with Crippen LogP contribution in [-0.4, -0.2) is 46.7 Å². The second-order valence-corrected chi connectivity index (χ2v) is 6.43. The largest absolute Gasteiger partial charge is 0.348 e. The lowest BCUT2D eigenvalue weighted by Gasteiger charge is -2.33. The monoisotopic (exact) mass is 347 g/mol. The molecule has 1 N–H and O–H groups in total. The first-order valence-corrected chi connectivity index (χ1v) is 8.48. The number of aromatic nitrogens is 6.